The Bertz CT molecular complexity index is 1040. The van der Waals surface area contributed by atoms with E-state index >= 15 is 0 Å². The lowest BCUT2D eigenvalue weighted by molar-refractivity contribution is -0.121. The van der Waals surface area contributed by atoms with E-state index in [1.165, 1.54) is 11.8 Å². The summed E-state index contributed by atoms with van der Waals surface area (Å²) in [5, 5.41) is 8.90. The van der Waals surface area contributed by atoms with Crippen molar-refractivity contribution in [2.45, 2.75) is 17.0 Å². The Morgan fingerprint density at radius 3 is 2.79 bits per heavy atom. The number of nitrogens with two attached hydrogens (primary N) is 1. The highest BCUT2D eigenvalue weighted by Crippen LogP contribution is 2.37. The van der Waals surface area contributed by atoms with Gasteiger partial charge in [-0.25, -0.2) is 4.68 Å². The van der Waals surface area contributed by atoms with E-state index in [9.17, 15) is 4.79 Å². The molecule has 1 aromatic carbocycles. The van der Waals surface area contributed by atoms with Crippen LogP contribution in [-0.2, 0) is 10.5 Å². The minimum absolute atomic E-state index is 0.478. The molecule has 0 fully saturated rings. The van der Waals surface area contributed by atoms with Crippen LogP contribution in [-0.4, -0.2) is 25.7 Å². The third-order valence-electron chi connectivity index (χ3n) is 4.45. The third-order valence-corrected chi connectivity index (χ3v) is 5.71. The second-order valence-electron chi connectivity index (χ2n) is 6.27. The molecule has 2 atom stereocenters. The molecule has 1 aliphatic heterocycles. The number of aromatic nitrogens is 4. The lowest BCUT2D eigenvalue weighted by atomic mass is 9.91. The van der Waals surface area contributed by atoms with E-state index in [2.05, 4.69) is 27.0 Å². The van der Waals surface area contributed by atoms with E-state index in [1.807, 2.05) is 42.5 Å². The minimum atomic E-state index is -0.689. The van der Waals surface area contributed by atoms with Gasteiger partial charge in [0.15, 0.2) is 0 Å². The number of fused-ring (bicyclic) bond motifs is 1. The van der Waals surface area contributed by atoms with Gasteiger partial charge in [-0.15, -0.1) is 5.10 Å². The highest BCUT2D eigenvalue weighted by atomic mass is 35.5. The van der Waals surface area contributed by atoms with Crippen molar-refractivity contribution in [1.29, 1.82) is 0 Å². The standard InChI is InChI=1S/C19H17ClN6OS/c1-11-15(17(21)27)16(14-8-4-5-9-22-14)26-18(23-11)24-19(25-26)28-10-12-6-2-3-7-13(12)20/h2-9,15-16H,1,10H2,(H2,21,27)(H,23,24,25)/t15-,16+/m1/s1. The monoisotopic (exact) mass is 412 g/mol. The molecule has 0 spiro atoms. The number of hydrogen-bond donors (Lipinski definition) is 2. The van der Waals surface area contributed by atoms with Crippen LogP contribution in [0.15, 0.2) is 66.1 Å². The van der Waals surface area contributed by atoms with Crippen LogP contribution in [0.5, 0.6) is 0 Å². The predicted molar refractivity (Wildman–Crippen MR) is 109 cm³/mol. The van der Waals surface area contributed by atoms with Gasteiger partial charge in [0, 0.05) is 22.7 Å². The number of hydrogen-bond acceptors (Lipinski definition) is 6. The highest BCUT2D eigenvalue weighted by molar-refractivity contribution is 7.98. The summed E-state index contributed by atoms with van der Waals surface area (Å²) in [6, 6.07) is 12.6. The molecule has 1 amide bonds. The van der Waals surface area contributed by atoms with Crippen molar-refractivity contribution in [3.8, 4) is 0 Å². The Balaban J connectivity index is 1.68. The van der Waals surface area contributed by atoms with Crippen molar-refractivity contribution in [3.05, 3.63) is 77.2 Å². The summed E-state index contributed by atoms with van der Waals surface area (Å²) in [7, 11) is 0. The number of rotatable bonds is 5. The first kappa shape index (κ1) is 18.5. The molecule has 2 aromatic heterocycles. The minimum Gasteiger partial charge on any atom is -0.369 e. The number of carbonyl (C=O) groups excluding carboxylic acids is 1. The fourth-order valence-corrected chi connectivity index (χ4v) is 4.24. The number of anilines is 1. The zero-order valence-electron chi connectivity index (χ0n) is 14.7. The Labute approximate surface area is 171 Å². The van der Waals surface area contributed by atoms with Crippen LogP contribution < -0.4 is 11.1 Å². The average Bonchev–Trinajstić information content (AvgIpc) is 3.09. The molecule has 0 bridgehead atoms. The largest absolute Gasteiger partial charge is 0.369 e. The van der Waals surface area contributed by atoms with Crippen LogP contribution in [0, 0.1) is 5.92 Å². The number of nitrogens with one attached hydrogen (secondary N) is 1. The number of amides is 1. The molecule has 0 saturated heterocycles. The van der Waals surface area contributed by atoms with Gasteiger partial charge in [0.25, 0.3) is 0 Å². The normalized spacial score (nSPS) is 18.4. The summed E-state index contributed by atoms with van der Waals surface area (Å²) in [6.07, 6.45) is 1.67. The Hall–Kier alpha value is -2.84. The molecule has 9 heteroatoms. The topological polar surface area (TPSA) is 98.7 Å². The van der Waals surface area contributed by atoms with Gasteiger partial charge < -0.3 is 11.1 Å². The predicted octanol–water partition coefficient (Wildman–Crippen LogP) is 3.25. The van der Waals surface area contributed by atoms with Crippen molar-refractivity contribution in [2.24, 2.45) is 11.7 Å². The van der Waals surface area contributed by atoms with Crippen molar-refractivity contribution in [1.82, 2.24) is 19.7 Å². The first-order valence-corrected chi connectivity index (χ1v) is 9.90. The van der Waals surface area contributed by atoms with Gasteiger partial charge in [-0.05, 0) is 23.8 Å². The van der Waals surface area contributed by atoms with Crippen LogP contribution in [0.1, 0.15) is 17.3 Å². The van der Waals surface area contributed by atoms with E-state index in [0.29, 0.717) is 33.3 Å². The first-order valence-electron chi connectivity index (χ1n) is 8.53. The molecule has 7 nitrogen and oxygen atoms in total. The zero-order chi connectivity index (χ0) is 19.7. The summed E-state index contributed by atoms with van der Waals surface area (Å²) in [4.78, 5) is 21.1. The molecule has 142 valence electrons. The number of pyridine rings is 1. The number of nitrogens with zero attached hydrogens (tertiary/aromatic N) is 4. The van der Waals surface area contributed by atoms with E-state index in [0.717, 1.165) is 5.56 Å². The van der Waals surface area contributed by atoms with E-state index in [-0.39, 0.29) is 0 Å². The highest BCUT2D eigenvalue weighted by Gasteiger charge is 2.39. The maximum atomic E-state index is 12.1. The maximum absolute atomic E-state index is 12.1. The SMILES string of the molecule is C=C1Nc2nc(SCc3ccccc3Cl)nn2[C@@H](c2ccccn2)[C@@H]1C(N)=O. The van der Waals surface area contributed by atoms with Gasteiger partial charge >= 0.3 is 0 Å². The van der Waals surface area contributed by atoms with Crippen LogP contribution in [0.3, 0.4) is 0 Å². The molecule has 4 rings (SSSR count). The van der Waals surface area contributed by atoms with Crippen molar-refractivity contribution >= 4 is 35.2 Å². The number of benzene rings is 1. The Morgan fingerprint density at radius 2 is 2.07 bits per heavy atom. The lowest BCUT2D eigenvalue weighted by Gasteiger charge is -2.31. The maximum Gasteiger partial charge on any atom is 0.229 e. The smallest absolute Gasteiger partial charge is 0.229 e. The van der Waals surface area contributed by atoms with Gasteiger partial charge in [-0.3, -0.25) is 9.78 Å². The summed E-state index contributed by atoms with van der Waals surface area (Å²) >= 11 is 7.68. The number of primary amides is 1. The summed E-state index contributed by atoms with van der Waals surface area (Å²) in [6.45, 7) is 3.96. The van der Waals surface area contributed by atoms with Crippen molar-refractivity contribution in [3.63, 3.8) is 0 Å². The van der Waals surface area contributed by atoms with Crippen LogP contribution in [0.4, 0.5) is 5.95 Å². The molecule has 0 unspecified atom stereocenters. The number of carbonyl (C=O) groups is 1. The van der Waals surface area contributed by atoms with Crippen molar-refractivity contribution < 1.29 is 4.79 Å². The second-order valence-corrected chi connectivity index (χ2v) is 7.62. The summed E-state index contributed by atoms with van der Waals surface area (Å²) in [5.74, 6) is -0.0673. The molecule has 3 aromatic rings. The zero-order valence-corrected chi connectivity index (χ0v) is 16.3. The molecule has 3 heterocycles. The molecule has 3 N–H and O–H groups in total. The fourth-order valence-electron chi connectivity index (χ4n) is 3.13. The lowest BCUT2D eigenvalue weighted by Crippen LogP contribution is -2.40. The van der Waals surface area contributed by atoms with E-state index in [4.69, 9.17) is 17.3 Å². The number of halogens is 1. The van der Waals surface area contributed by atoms with Gasteiger partial charge in [0.1, 0.15) is 12.0 Å². The van der Waals surface area contributed by atoms with Crippen molar-refractivity contribution in [2.75, 3.05) is 5.32 Å². The summed E-state index contributed by atoms with van der Waals surface area (Å²) < 4.78 is 1.65. The Morgan fingerprint density at radius 1 is 1.29 bits per heavy atom. The average molecular weight is 413 g/mol. The fraction of sp³-hybridized carbons (Fsp3) is 0.158. The van der Waals surface area contributed by atoms with Gasteiger partial charge in [0.2, 0.25) is 17.0 Å². The Kier molecular flexibility index (Phi) is 5.06. The van der Waals surface area contributed by atoms with Gasteiger partial charge in [-0.1, -0.05) is 54.2 Å². The van der Waals surface area contributed by atoms with E-state index < -0.39 is 17.9 Å². The molecule has 0 radical (unpaired) electrons. The molecular weight excluding hydrogens is 396 g/mol. The van der Waals surface area contributed by atoms with Crippen LogP contribution in [0.2, 0.25) is 5.02 Å². The second kappa shape index (κ2) is 7.65. The van der Waals surface area contributed by atoms with E-state index in [1.54, 1.807) is 10.9 Å². The van der Waals surface area contributed by atoms with Gasteiger partial charge in [0.05, 0.1) is 5.69 Å². The molecular formula is C19H17ClN6OS. The van der Waals surface area contributed by atoms with Crippen LogP contribution in [0.25, 0.3) is 0 Å². The van der Waals surface area contributed by atoms with Crippen LogP contribution >= 0.6 is 23.4 Å². The van der Waals surface area contributed by atoms with Gasteiger partial charge in [-0.2, -0.15) is 4.98 Å². The quantitative estimate of drug-likeness (QED) is 0.624. The number of thioether (sulfide) groups is 1. The molecule has 1 aliphatic rings. The summed E-state index contributed by atoms with van der Waals surface area (Å²) in [5.41, 5.74) is 7.79. The third kappa shape index (κ3) is 3.48. The molecule has 0 saturated carbocycles. The first-order chi connectivity index (χ1) is 13.5. The molecule has 28 heavy (non-hydrogen) atoms. The molecule has 0 aliphatic carbocycles.